The van der Waals surface area contributed by atoms with E-state index < -0.39 is 11.9 Å². The van der Waals surface area contributed by atoms with Crippen molar-refractivity contribution in [2.24, 2.45) is 4.99 Å². The molecule has 1 atom stereocenters. The Labute approximate surface area is 259 Å². The molecular formula is C29H36N4O10S. The second-order valence-corrected chi connectivity index (χ2v) is 10.0. The van der Waals surface area contributed by atoms with Gasteiger partial charge in [0.15, 0.2) is 16.6 Å². The fourth-order valence-corrected chi connectivity index (χ4v) is 4.52. The van der Waals surface area contributed by atoms with Gasteiger partial charge in [-0.2, -0.15) is 0 Å². The molecule has 1 saturated heterocycles. The van der Waals surface area contributed by atoms with Crippen molar-refractivity contribution in [2.75, 3.05) is 96.5 Å². The van der Waals surface area contributed by atoms with E-state index >= 15 is 0 Å². The zero-order chi connectivity index (χ0) is 31.1. The molecule has 238 valence electrons. The largest absolute Gasteiger partial charge is 0.488 e. The number of anilines is 2. The first-order valence-electron chi connectivity index (χ1n) is 14.0. The molecular weight excluding hydrogens is 596 g/mol. The number of benzene rings is 2. The Hall–Kier alpha value is -3.86. The van der Waals surface area contributed by atoms with E-state index in [2.05, 4.69) is 20.5 Å². The van der Waals surface area contributed by atoms with Gasteiger partial charge in [-0.05, 0) is 42.5 Å². The highest BCUT2D eigenvalue weighted by molar-refractivity contribution is 7.80. The standard InChI is InChI=1S/C29H36N4O10S/c34-27(35)23-3-1-20(15-24(23)28(36)37)31-29(44)32-21-2-4-25-26(16-21)43-12-8-33-6-10-38-13-14-39-17-22(30-5-9-42-25)18-41-19-40-11-7-33/h1-4,15-16H,5-14,17-19H2,(H,34,35)(H,36,37)(H2,31,32,44). The van der Waals surface area contributed by atoms with Crippen LogP contribution in [-0.4, -0.2) is 124 Å². The third-order valence-corrected chi connectivity index (χ3v) is 6.67. The number of rotatable bonds is 4. The SMILES string of the molecule is O=C(O)c1ccc(NC(=S)Nc2ccc3c(c2)OCCN2CCOCCOCC(=NCCO3)COCOCC2)cc1C(=O)O. The Morgan fingerprint density at radius 2 is 1.39 bits per heavy atom. The third-order valence-electron chi connectivity index (χ3n) is 6.47. The maximum absolute atomic E-state index is 11.5. The molecule has 0 spiro atoms. The topological polar surface area (TPSA) is 170 Å². The minimum Gasteiger partial charge on any atom is -0.488 e. The maximum Gasteiger partial charge on any atom is 0.336 e. The fraction of sp³-hybridized carbons (Fsp3) is 0.448. The van der Waals surface area contributed by atoms with Gasteiger partial charge in [-0.15, -0.1) is 0 Å². The van der Waals surface area contributed by atoms with Crippen LogP contribution < -0.4 is 20.1 Å². The highest BCUT2D eigenvalue weighted by Crippen LogP contribution is 2.31. The zero-order valence-electron chi connectivity index (χ0n) is 24.1. The molecule has 14 nitrogen and oxygen atoms in total. The highest BCUT2D eigenvalue weighted by atomic mass is 32.1. The minimum absolute atomic E-state index is 0.155. The van der Waals surface area contributed by atoms with Crippen molar-refractivity contribution in [2.45, 2.75) is 0 Å². The summed E-state index contributed by atoms with van der Waals surface area (Å²) in [6, 6.07) is 9.13. The van der Waals surface area contributed by atoms with Gasteiger partial charge in [0.05, 0.1) is 63.0 Å². The number of carboxylic acid groups (broad SMARTS) is 2. The lowest BCUT2D eigenvalue weighted by Gasteiger charge is -2.23. The number of thiocarbonyl (C=S) groups is 1. The van der Waals surface area contributed by atoms with Crippen molar-refractivity contribution in [1.29, 1.82) is 0 Å². The Balaban J connectivity index is 1.48. The van der Waals surface area contributed by atoms with Crippen molar-refractivity contribution in [3.05, 3.63) is 47.5 Å². The molecule has 2 bridgehead atoms. The monoisotopic (exact) mass is 632 g/mol. The summed E-state index contributed by atoms with van der Waals surface area (Å²) in [5, 5.41) is 24.8. The molecule has 0 radical (unpaired) electrons. The first kappa shape index (κ1) is 33.0. The Morgan fingerprint density at radius 1 is 0.727 bits per heavy atom. The van der Waals surface area contributed by atoms with Gasteiger partial charge < -0.3 is 49.3 Å². The summed E-state index contributed by atoms with van der Waals surface area (Å²) in [4.78, 5) is 29.6. The number of aliphatic imine (C=N–C) groups is 1. The molecule has 1 fully saturated rings. The van der Waals surface area contributed by atoms with Crippen LogP contribution in [0.15, 0.2) is 41.4 Å². The number of hydrogen-bond donors (Lipinski definition) is 4. The van der Waals surface area contributed by atoms with E-state index in [4.69, 9.17) is 40.6 Å². The maximum atomic E-state index is 11.5. The number of ether oxygens (including phenoxy) is 6. The quantitative estimate of drug-likeness (QED) is 0.363. The molecule has 2 aliphatic heterocycles. The summed E-state index contributed by atoms with van der Waals surface area (Å²) in [5.74, 6) is -1.68. The number of carbonyl (C=O) groups is 2. The first-order chi connectivity index (χ1) is 21.4. The van der Waals surface area contributed by atoms with E-state index in [1.165, 1.54) is 18.2 Å². The lowest BCUT2D eigenvalue weighted by atomic mass is 10.1. The molecule has 0 amide bonds. The smallest absolute Gasteiger partial charge is 0.336 e. The number of nitrogens with zero attached hydrogens (tertiary/aromatic N) is 2. The van der Waals surface area contributed by atoms with Gasteiger partial charge in [-0.1, -0.05) is 0 Å². The van der Waals surface area contributed by atoms with E-state index in [0.717, 1.165) is 5.71 Å². The van der Waals surface area contributed by atoms with Crippen molar-refractivity contribution in [3.8, 4) is 11.5 Å². The van der Waals surface area contributed by atoms with Crippen LogP contribution in [0.25, 0.3) is 0 Å². The predicted octanol–water partition coefficient (Wildman–Crippen LogP) is 2.44. The van der Waals surface area contributed by atoms with E-state index in [9.17, 15) is 19.8 Å². The molecule has 2 heterocycles. The van der Waals surface area contributed by atoms with E-state index in [0.29, 0.717) is 88.7 Å². The van der Waals surface area contributed by atoms with Crippen molar-refractivity contribution in [1.82, 2.24) is 4.90 Å². The molecule has 4 rings (SSSR count). The first-order valence-corrected chi connectivity index (χ1v) is 14.4. The fourth-order valence-electron chi connectivity index (χ4n) is 4.28. The lowest BCUT2D eigenvalue weighted by molar-refractivity contribution is -0.0475. The van der Waals surface area contributed by atoms with Crippen LogP contribution in [-0.2, 0) is 18.9 Å². The normalized spacial score (nSPS) is 19.0. The van der Waals surface area contributed by atoms with Crippen LogP contribution in [0.2, 0.25) is 0 Å². The predicted molar refractivity (Wildman–Crippen MR) is 165 cm³/mol. The van der Waals surface area contributed by atoms with Crippen molar-refractivity contribution >= 4 is 46.4 Å². The summed E-state index contributed by atoms with van der Waals surface area (Å²) in [7, 11) is 0. The van der Waals surface area contributed by atoms with Crippen LogP contribution in [0.3, 0.4) is 0 Å². The van der Waals surface area contributed by atoms with Gasteiger partial charge in [0.25, 0.3) is 0 Å². The van der Waals surface area contributed by atoms with Gasteiger partial charge in [-0.25, -0.2) is 9.59 Å². The minimum atomic E-state index is -1.36. The van der Waals surface area contributed by atoms with Gasteiger partial charge in [0, 0.05) is 37.1 Å². The molecule has 44 heavy (non-hydrogen) atoms. The second-order valence-electron chi connectivity index (χ2n) is 9.64. The highest BCUT2D eigenvalue weighted by Gasteiger charge is 2.17. The molecule has 0 saturated carbocycles. The Bertz CT molecular complexity index is 1330. The Kier molecular flexibility index (Phi) is 13.1. The van der Waals surface area contributed by atoms with Crippen LogP contribution in [0.5, 0.6) is 11.5 Å². The number of aromatic carboxylic acids is 2. The summed E-state index contributed by atoms with van der Waals surface area (Å²) in [5.41, 5.74) is 0.964. The molecule has 0 aliphatic carbocycles. The van der Waals surface area contributed by atoms with E-state index in [-0.39, 0.29) is 36.2 Å². The zero-order valence-corrected chi connectivity index (χ0v) is 24.9. The molecule has 0 aromatic heterocycles. The van der Waals surface area contributed by atoms with Crippen LogP contribution in [0, 0.1) is 0 Å². The number of nitrogens with one attached hydrogen (secondary N) is 2. The summed E-state index contributed by atoms with van der Waals surface area (Å²) >= 11 is 5.42. The summed E-state index contributed by atoms with van der Waals surface area (Å²) in [6.45, 7) is 5.68. The molecule has 2 aromatic rings. The van der Waals surface area contributed by atoms with Crippen LogP contribution >= 0.6 is 12.2 Å². The Morgan fingerprint density at radius 3 is 2.18 bits per heavy atom. The number of hydrogen-bond acceptors (Lipinski definition) is 11. The lowest BCUT2D eigenvalue weighted by Crippen LogP contribution is -2.35. The van der Waals surface area contributed by atoms with Gasteiger partial charge in [0.2, 0.25) is 0 Å². The van der Waals surface area contributed by atoms with Crippen LogP contribution in [0.1, 0.15) is 20.7 Å². The van der Waals surface area contributed by atoms with Crippen LogP contribution in [0.4, 0.5) is 11.4 Å². The van der Waals surface area contributed by atoms with E-state index in [1.54, 1.807) is 18.2 Å². The summed E-state index contributed by atoms with van der Waals surface area (Å²) < 4.78 is 34.9. The molecule has 15 heteroatoms. The van der Waals surface area contributed by atoms with Gasteiger partial charge in [-0.3, -0.25) is 9.89 Å². The van der Waals surface area contributed by atoms with Crippen molar-refractivity contribution < 1.29 is 48.2 Å². The molecule has 2 aromatic carbocycles. The van der Waals surface area contributed by atoms with Gasteiger partial charge in [0.1, 0.15) is 20.0 Å². The molecule has 4 N–H and O–H groups in total. The van der Waals surface area contributed by atoms with E-state index in [1.807, 2.05) is 0 Å². The average Bonchev–Trinajstić information content (AvgIpc) is 3.00. The number of fused-ring (bicyclic) bond motifs is 8. The second kappa shape index (κ2) is 17.4. The molecule has 1 unspecified atom stereocenters. The third kappa shape index (κ3) is 10.7. The molecule has 2 aliphatic rings. The van der Waals surface area contributed by atoms with Crippen molar-refractivity contribution in [3.63, 3.8) is 0 Å². The summed E-state index contributed by atoms with van der Waals surface area (Å²) in [6.07, 6.45) is 0. The van der Waals surface area contributed by atoms with Gasteiger partial charge >= 0.3 is 11.9 Å². The number of carboxylic acids is 2. The average molecular weight is 633 g/mol.